The van der Waals surface area contributed by atoms with Crippen LogP contribution in [0.5, 0.6) is 0 Å². The average molecular weight is 705 g/mol. The predicted octanol–water partition coefficient (Wildman–Crippen LogP) is 7.70. The lowest BCUT2D eigenvalue weighted by atomic mass is 10.1. The van der Waals surface area contributed by atoms with E-state index in [2.05, 4.69) is 11.1 Å². The van der Waals surface area contributed by atoms with Gasteiger partial charge in [-0.25, -0.2) is 27.1 Å². The fraction of sp³-hybridized carbons (Fsp3) is 0.0263. The third-order valence-electron chi connectivity index (χ3n) is 7.63. The zero-order chi connectivity index (χ0) is 35.3. The number of benzene rings is 4. The molecule has 4 aromatic carbocycles. The molecular formula is C38H32N4O6S2. The minimum absolute atomic E-state index is 0.0688. The molecule has 0 aliphatic carbocycles. The maximum absolute atomic E-state index is 11.5. The highest BCUT2D eigenvalue weighted by Crippen LogP contribution is 2.29. The van der Waals surface area contributed by atoms with Crippen LogP contribution in [0.1, 0.15) is 11.1 Å². The van der Waals surface area contributed by atoms with Crippen molar-refractivity contribution in [1.29, 1.82) is 0 Å². The number of primary sulfonamides is 2. The molecule has 0 unspecified atom stereocenters. The van der Waals surface area contributed by atoms with Crippen LogP contribution in [-0.2, 0) is 20.0 Å². The highest BCUT2D eigenvalue weighted by Gasteiger charge is 2.12. The van der Waals surface area contributed by atoms with Gasteiger partial charge in [0.1, 0.15) is 11.5 Å². The molecular weight excluding hydrogens is 673 g/mol. The van der Waals surface area contributed by atoms with Crippen LogP contribution in [0.2, 0.25) is 0 Å². The van der Waals surface area contributed by atoms with Gasteiger partial charge in [0.2, 0.25) is 20.0 Å². The molecule has 0 spiro atoms. The van der Waals surface area contributed by atoms with Gasteiger partial charge in [0.05, 0.1) is 33.7 Å². The van der Waals surface area contributed by atoms with Crippen molar-refractivity contribution < 1.29 is 25.7 Å². The molecule has 0 saturated heterocycles. The number of nitrogens with two attached hydrogens (primary N) is 2. The number of sulfonamides is 2. The molecule has 0 aliphatic rings. The fourth-order valence-electron chi connectivity index (χ4n) is 5.12. The molecule has 50 heavy (non-hydrogen) atoms. The van der Waals surface area contributed by atoms with Crippen molar-refractivity contribution in [3.05, 3.63) is 157 Å². The van der Waals surface area contributed by atoms with Gasteiger partial charge >= 0.3 is 0 Å². The largest absolute Gasteiger partial charge is 0.464 e. The highest BCUT2D eigenvalue weighted by atomic mass is 32.2. The van der Waals surface area contributed by atoms with Gasteiger partial charge in [0.15, 0.2) is 0 Å². The zero-order valence-electron chi connectivity index (χ0n) is 26.7. The summed E-state index contributed by atoms with van der Waals surface area (Å²) < 4.78 is 58.1. The molecule has 3 heterocycles. The van der Waals surface area contributed by atoms with E-state index in [0.29, 0.717) is 5.69 Å². The molecule has 0 radical (unpaired) electrons. The van der Waals surface area contributed by atoms with Crippen molar-refractivity contribution in [3.63, 3.8) is 0 Å². The van der Waals surface area contributed by atoms with E-state index in [1.165, 1.54) is 24.3 Å². The van der Waals surface area contributed by atoms with Crippen molar-refractivity contribution in [1.82, 2.24) is 4.57 Å². The minimum Gasteiger partial charge on any atom is -0.464 e. The van der Waals surface area contributed by atoms with Gasteiger partial charge in [0.25, 0.3) is 0 Å². The predicted molar refractivity (Wildman–Crippen MR) is 194 cm³/mol. The molecule has 0 saturated carbocycles. The van der Waals surface area contributed by atoms with E-state index in [9.17, 15) is 16.8 Å². The number of rotatable bonds is 8. The monoisotopic (exact) mass is 704 g/mol. The molecule has 0 fully saturated rings. The Morgan fingerprint density at radius 1 is 0.620 bits per heavy atom. The van der Waals surface area contributed by atoms with Crippen molar-refractivity contribution in [2.45, 2.75) is 16.7 Å². The number of nitrogens with zero attached hydrogens (tertiary/aromatic N) is 2. The number of hydrogen-bond acceptors (Lipinski definition) is 7. The SMILES string of the molecule is Cc1cc(-c2ccc(-c3ccco3)cc2)n(-c2ccc(S(N)(=O)=O)cc2)c1.NS(=O)(=O)c1ccc(N=Cc2ccc(-c3ccco3)cc2)cc1. The van der Waals surface area contributed by atoms with Gasteiger partial charge < -0.3 is 13.4 Å². The van der Waals surface area contributed by atoms with Crippen molar-refractivity contribution in [3.8, 4) is 39.6 Å². The van der Waals surface area contributed by atoms with Gasteiger partial charge in [-0.3, -0.25) is 4.99 Å². The van der Waals surface area contributed by atoms with Crippen molar-refractivity contribution in [2.75, 3.05) is 0 Å². The number of aliphatic imine (C=N–C) groups is 1. The molecule has 0 aliphatic heterocycles. The Bertz CT molecular complexity index is 2430. The summed E-state index contributed by atoms with van der Waals surface area (Å²) >= 11 is 0. The van der Waals surface area contributed by atoms with Gasteiger partial charge in [-0.05, 0) is 102 Å². The van der Waals surface area contributed by atoms with Gasteiger partial charge in [0, 0.05) is 29.2 Å². The topological polar surface area (TPSA) is 164 Å². The molecule has 0 atom stereocenters. The first kappa shape index (κ1) is 34.1. The first-order chi connectivity index (χ1) is 23.9. The summed E-state index contributed by atoms with van der Waals surface area (Å²) in [7, 11) is -7.38. The van der Waals surface area contributed by atoms with E-state index < -0.39 is 20.0 Å². The van der Waals surface area contributed by atoms with E-state index in [4.69, 9.17) is 19.1 Å². The molecule has 7 aromatic rings. The number of aromatic nitrogens is 1. The first-order valence-electron chi connectivity index (χ1n) is 15.2. The molecule has 252 valence electrons. The van der Waals surface area contributed by atoms with Crippen LogP contribution < -0.4 is 10.3 Å². The molecule has 3 aromatic heterocycles. The Morgan fingerprint density at radius 2 is 1.10 bits per heavy atom. The maximum atomic E-state index is 11.5. The Balaban J connectivity index is 0.000000175. The van der Waals surface area contributed by atoms with Gasteiger partial charge in [-0.15, -0.1) is 0 Å². The standard InChI is InChI=1S/C21H18N2O3S.C17H14N2O3S/c1-15-13-20(16-4-6-17(7-5-16)21-3-2-12-26-21)23(14-15)18-8-10-19(11-9-18)27(22,24)25;18-23(20,21)16-9-7-15(8-10-16)19-12-13-3-5-14(6-4-13)17-2-1-11-22-17/h2-14H,1H3,(H2,22,24,25);1-12H,(H2,18,20,21). The summed E-state index contributed by atoms with van der Waals surface area (Å²) in [6, 6.07) is 38.1. The third-order valence-corrected chi connectivity index (χ3v) is 9.49. The Hall–Kier alpha value is -5.79. The molecule has 7 rings (SSSR count). The quantitative estimate of drug-likeness (QED) is 0.154. The number of aryl methyl sites for hydroxylation is 1. The summed E-state index contributed by atoms with van der Waals surface area (Å²) in [5, 5.41) is 10.2. The van der Waals surface area contributed by atoms with Crippen molar-refractivity contribution in [2.24, 2.45) is 15.3 Å². The van der Waals surface area contributed by atoms with Crippen LogP contribution in [0.4, 0.5) is 5.69 Å². The summed E-state index contributed by atoms with van der Waals surface area (Å²) in [6.07, 6.45) is 7.01. The van der Waals surface area contributed by atoms with Gasteiger partial charge in [-0.1, -0.05) is 48.5 Å². The van der Waals surface area contributed by atoms with Crippen LogP contribution >= 0.6 is 0 Å². The van der Waals surface area contributed by atoms with Crippen molar-refractivity contribution >= 4 is 31.9 Å². The highest BCUT2D eigenvalue weighted by molar-refractivity contribution is 7.89. The number of hydrogen-bond donors (Lipinski definition) is 2. The van der Waals surface area contributed by atoms with Crippen LogP contribution in [0.15, 0.2) is 170 Å². The normalized spacial score (nSPS) is 11.7. The number of furan rings is 2. The Labute approximate surface area is 290 Å². The van der Waals surface area contributed by atoms with E-state index in [1.807, 2.05) is 90.5 Å². The summed E-state index contributed by atoms with van der Waals surface area (Å²) in [5.41, 5.74) is 7.61. The lowest BCUT2D eigenvalue weighted by Gasteiger charge is -2.10. The second-order valence-corrected chi connectivity index (χ2v) is 14.4. The maximum Gasteiger partial charge on any atom is 0.238 e. The molecule has 12 heteroatoms. The molecule has 10 nitrogen and oxygen atoms in total. The van der Waals surface area contributed by atoms with E-state index in [1.54, 1.807) is 43.0 Å². The molecule has 0 amide bonds. The Kier molecular flexibility index (Phi) is 9.79. The minimum atomic E-state index is -3.70. The van der Waals surface area contributed by atoms with Gasteiger partial charge in [-0.2, -0.15) is 0 Å². The van der Waals surface area contributed by atoms with Crippen LogP contribution in [0.25, 0.3) is 39.6 Å². The fourth-order valence-corrected chi connectivity index (χ4v) is 6.15. The smallest absolute Gasteiger partial charge is 0.238 e. The van der Waals surface area contributed by atoms with E-state index >= 15 is 0 Å². The molecule has 4 N–H and O–H groups in total. The van der Waals surface area contributed by atoms with E-state index in [-0.39, 0.29) is 9.79 Å². The average Bonchev–Trinajstić information content (AvgIpc) is 3.91. The Morgan fingerprint density at radius 3 is 1.58 bits per heavy atom. The van der Waals surface area contributed by atoms with Crippen LogP contribution in [0.3, 0.4) is 0 Å². The summed E-state index contributed by atoms with van der Waals surface area (Å²) in [5.74, 6) is 1.64. The van der Waals surface area contributed by atoms with Crippen LogP contribution in [-0.4, -0.2) is 27.6 Å². The lowest BCUT2D eigenvalue weighted by Crippen LogP contribution is -2.12. The zero-order valence-corrected chi connectivity index (χ0v) is 28.4. The second kappa shape index (κ2) is 14.4. The third kappa shape index (κ3) is 8.25. The summed E-state index contributed by atoms with van der Waals surface area (Å²) in [6.45, 7) is 2.02. The van der Waals surface area contributed by atoms with Crippen LogP contribution in [0, 0.1) is 6.92 Å². The van der Waals surface area contributed by atoms with E-state index in [0.717, 1.165) is 50.7 Å². The summed E-state index contributed by atoms with van der Waals surface area (Å²) in [4.78, 5) is 4.47. The lowest BCUT2D eigenvalue weighted by molar-refractivity contribution is 0.582. The first-order valence-corrected chi connectivity index (χ1v) is 18.3. The molecule has 0 bridgehead atoms. The second-order valence-electron chi connectivity index (χ2n) is 11.3.